The summed E-state index contributed by atoms with van der Waals surface area (Å²) in [6.07, 6.45) is -4.48. The zero-order valence-electron chi connectivity index (χ0n) is 16.7. The quantitative estimate of drug-likeness (QED) is 0.371. The molecular formula is C23H19F3N2O3S. The lowest BCUT2D eigenvalue weighted by Gasteiger charge is -2.14. The van der Waals surface area contributed by atoms with Crippen molar-refractivity contribution in [2.24, 2.45) is 0 Å². The lowest BCUT2D eigenvalue weighted by atomic mass is 10.2. The Balaban J connectivity index is 1.56. The summed E-state index contributed by atoms with van der Waals surface area (Å²) < 4.78 is 49.8. The van der Waals surface area contributed by atoms with Crippen molar-refractivity contribution in [3.63, 3.8) is 0 Å². The van der Waals surface area contributed by atoms with E-state index < -0.39 is 17.6 Å². The zero-order chi connectivity index (χ0) is 23.0. The second kappa shape index (κ2) is 10.6. The van der Waals surface area contributed by atoms with Gasteiger partial charge in [0.15, 0.2) is 5.11 Å². The van der Waals surface area contributed by atoms with E-state index in [0.29, 0.717) is 11.5 Å². The van der Waals surface area contributed by atoms with E-state index in [-0.39, 0.29) is 29.6 Å². The number of para-hydroxylation sites is 2. The maximum absolute atomic E-state index is 12.9. The number of halogens is 3. The Labute approximate surface area is 188 Å². The molecule has 166 valence electrons. The Morgan fingerprint density at radius 2 is 1.56 bits per heavy atom. The Hall–Kier alpha value is -3.59. The van der Waals surface area contributed by atoms with Crippen molar-refractivity contribution in [3.8, 4) is 11.5 Å². The molecule has 32 heavy (non-hydrogen) atoms. The molecule has 1 amide bonds. The summed E-state index contributed by atoms with van der Waals surface area (Å²) in [4.78, 5) is 12.6. The molecule has 0 aliphatic carbocycles. The number of ether oxygens (including phenoxy) is 2. The first-order valence-electron chi connectivity index (χ1n) is 9.52. The fourth-order valence-electron chi connectivity index (χ4n) is 2.71. The van der Waals surface area contributed by atoms with E-state index in [9.17, 15) is 18.0 Å². The van der Waals surface area contributed by atoms with Crippen molar-refractivity contribution in [3.05, 3.63) is 90.0 Å². The molecule has 5 nitrogen and oxygen atoms in total. The minimum Gasteiger partial charge on any atom is -0.490 e. The molecule has 0 aliphatic heterocycles. The van der Waals surface area contributed by atoms with Gasteiger partial charge < -0.3 is 14.8 Å². The van der Waals surface area contributed by atoms with Gasteiger partial charge in [-0.1, -0.05) is 36.4 Å². The number of alkyl halides is 3. The maximum Gasteiger partial charge on any atom is 0.416 e. The predicted octanol–water partition coefficient (Wildman–Crippen LogP) is 5.29. The van der Waals surface area contributed by atoms with Gasteiger partial charge in [0.1, 0.15) is 24.7 Å². The van der Waals surface area contributed by atoms with Crippen LogP contribution in [0.25, 0.3) is 0 Å². The van der Waals surface area contributed by atoms with E-state index in [0.717, 1.165) is 12.1 Å². The largest absolute Gasteiger partial charge is 0.490 e. The average molecular weight is 460 g/mol. The fraction of sp³-hybridized carbons (Fsp3) is 0.130. The van der Waals surface area contributed by atoms with Crippen LogP contribution in [0.3, 0.4) is 0 Å². The highest BCUT2D eigenvalue weighted by Crippen LogP contribution is 2.30. The molecule has 3 rings (SSSR count). The molecule has 0 radical (unpaired) electrons. The Bertz CT molecular complexity index is 1080. The minimum atomic E-state index is -4.48. The van der Waals surface area contributed by atoms with Gasteiger partial charge in [-0.15, -0.1) is 0 Å². The van der Waals surface area contributed by atoms with Gasteiger partial charge in [-0.25, -0.2) is 0 Å². The van der Waals surface area contributed by atoms with Crippen LogP contribution < -0.4 is 20.1 Å². The lowest BCUT2D eigenvalue weighted by molar-refractivity contribution is -0.137. The van der Waals surface area contributed by atoms with Crippen molar-refractivity contribution in [1.82, 2.24) is 5.32 Å². The van der Waals surface area contributed by atoms with Gasteiger partial charge in [-0.05, 0) is 54.7 Å². The number of nitrogens with one attached hydrogen (secondary N) is 2. The number of hydrogen-bond acceptors (Lipinski definition) is 4. The van der Waals surface area contributed by atoms with Gasteiger partial charge in [-0.3, -0.25) is 10.1 Å². The molecule has 2 N–H and O–H groups in total. The van der Waals surface area contributed by atoms with Crippen LogP contribution in [0, 0.1) is 0 Å². The number of carbonyl (C=O) groups is 1. The number of rotatable bonds is 7. The highest BCUT2D eigenvalue weighted by atomic mass is 32.1. The number of benzene rings is 3. The number of thiocarbonyl (C=S) groups is 1. The van der Waals surface area contributed by atoms with E-state index in [1.165, 1.54) is 12.1 Å². The summed E-state index contributed by atoms with van der Waals surface area (Å²) in [5, 5.41) is 4.89. The Morgan fingerprint density at radius 1 is 0.875 bits per heavy atom. The van der Waals surface area contributed by atoms with Crippen molar-refractivity contribution >= 4 is 28.9 Å². The van der Waals surface area contributed by atoms with Crippen LogP contribution in [0.5, 0.6) is 11.5 Å². The average Bonchev–Trinajstić information content (AvgIpc) is 2.77. The predicted molar refractivity (Wildman–Crippen MR) is 119 cm³/mol. The summed E-state index contributed by atoms with van der Waals surface area (Å²) in [6, 6.07) is 20.3. The molecular weight excluding hydrogens is 441 g/mol. The SMILES string of the molecule is O=C(NC(=S)Nc1cccc(C(F)(F)F)c1)c1ccccc1OCCOc1ccccc1. The van der Waals surface area contributed by atoms with Crippen molar-refractivity contribution in [2.75, 3.05) is 18.5 Å². The van der Waals surface area contributed by atoms with Crippen molar-refractivity contribution in [2.45, 2.75) is 6.18 Å². The molecule has 0 saturated carbocycles. The monoisotopic (exact) mass is 460 g/mol. The standard InChI is InChI=1S/C23H19F3N2O3S/c24-23(25,26)16-7-6-8-17(15-16)27-22(32)28-21(29)19-11-4-5-12-20(19)31-14-13-30-18-9-2-1-3-10-18/h1-12,15H,13-14H2,(H2,27,28,29,32). The highest BCUT2D eigenvalue weighted by molar-refractivity contribution is 7.80. The normalized spacial score (nSPS) is 10.8. The number of anilines is 1. The van der Waals surface area contributed by atoms with E-state index in [1.54, 1.807) is 24.3 Å². The molecule has 0 unspecified atom stereocenters. The summed E-state index contributed by atoms with van der Waals surface area (Å²) in [5.41, 5.74) is -0.499. The van der Waals surface area contributed by atoms with Crippen LogP contribution in [0.15, 0.2) is 78.9 Å². The molecule has 3 aromatic rings. The van der Waals surface area contributed by atoms with Crippen LogP contribution in [0.4, 0.5) is 18.9 Å². The second-order valence-electron chi connectivity index (χ2n) is 6.49. The van der Waals surface area contributed by atoms with E-state index in [2.05, 4.69) is 10.6 Å². The summed E-state index contributed by atoms with van der Waals surface area (Å²) in [6.45, 7) is 0.474. The summed E-state index contributed by atoms with van der Waals surface area (Å²) >= 11 is 5.07. The van der Waals surface area contributed by atoms with E-state index >= 15 is 0 Å². The zero-order valence-corrected chi connectivity index (χ0v) is 17.5. The fourth-order valence-corrected chi connectivity index (χ4v) is 2.92. The molecule has 0 atom stereocenters. The smallest absolute Gasteiger partial charge is 0.416 e. The Morgan fingerprint density at radius 3 is 2.31 bits per heavy atom. The topological polar surface area (TPSA) is 59.6 Å². The molecule has 0 bridgehead atoms. The highest BCUT2D eigenvalue weighted by Gasteiger charge is 2.30. The van der Waals surface area contributed by atoms with Crippen LogP contribution in [0.1, 0.15) is 15.9 Å². The van der Waals surface area contributed by atoms with Gasteiger partial charge in [0.2, 0.25) is 0 Å². The molecule has 0 heterocycles. The van der Waals surface area contributed by atoms with E-state index in [1.807, 2.05) is 30.3 Å². The van der Waals surface area contributed by atoms with Crippen LogP contribution in [0.2, 0.25) is 0 Å². The van der Waals surface area contributed by atoms with Gasteiger partial charge in [0.25, 0.3) is 5.91 Å². The molecule has 0 saturated heterocycles. The summed E-state index contributed by atoms with van der Waals surface area (Å²) in [5.74, 6) is 0.464. The van der Waals surface area contributed by atoms with Crippen LogP contribution in [-0.2, 0) is 6.18 Å². The molecule has 0 aromatic heterocycles. The second-order valence-corrected chi connectivity index (χ2v) is 6.90. The first-order valence-corrected chi connectivity index (χ1v) is 9.93. The first kappa shape index (κ1) is 23.1. The van der Waals surface area contributed by atoms with Gasteiger partial charge in [0.05, 0.1) is 11.1 Å². The van der Waals surface area contributed by atoms with Crippen LogP contribution >= 0.6 is 12.2 Å². The van der Waals surface area contributed by atoms with Gasteiger partial charge in [-0.2, -0.15) is 13.2 Å². The maximum atomic E-state index is 12.9. The number of carbonyl (C=O) groups excluding carboxylic acids is 1. The molecule has 0 fully saturated rings. The summed E-state index contributed by atoms with van der Waals surface area (Å²) in [7, 11) is 0. The molecule has 0 aliphatic rings. The van der Waals surface area contributed by atoms with E-state index in [4.69, 9.17) is 21.7 Å². The van der Waals surface area contributed by atoms with Gasteiger partial charge in [0, 0.05) is 5.69 Å². The number of hydrogen-bond donors (Lipinski definition) is 2. The van der Waals surface area contributed by atoms with Gasteiger partial charge >= 0.3 is 6.18 Å². The molecule has 9 heteroatoms. The van der Waals surface area contributed by atoms with Crippen molar-refractivity contribution < 1.29 is 27.4 Å². The molecule has 0 spiro atoms. The number of amides is 1. The van der Waals surface area contributed by atoms with Crippen molar-refractivity contribution in [1.29, 1.82) is 0 Å². The lowest BCUT2D eigenvalue weighted by Crippen LogP contribution is -2.34. The van der Waals surface area contributed by atoms with Crippen LogP contribution in [-0.4, -0.2) is 24.2 Å². The third-order valence-electron chi connectivity index (χ3n) is 4.16. The molecule has 3 aromatic carbocycles. The minimum absolute atomic E-state index is 0.104. The third-order valence-corrected chi connectivity index (χ3v) is 4.36. The first-order chi connectivity index (χ1) is 15.3. The Kier molecular flexibility index (Phi) is 7.67. The third kappa shape index (κ3) is 6.71.